The van der Waals surface area contributed by atoms with Crippen molar-refractivity contribution in [3.63, 3.8) is 0 Å². The number of aromatic nitrogens is 1. The summed E-state index contributed by atoms with van der Waals surface area (Å²) in [5.41, 5.74) is 7.69. The van der Waals surface area contributed by atoms with Gasteiger partial charge in [0.1, 0.15) is 22.8 Å². The summed E-state index contributed by atoms with van der Waals surface area (Å²) >= 11 is 0. The highest BCUT2D eigenvalue weighted by Gasteiger charge is 2.55. The number of pyridine rings is 1. The van der Waals surface area contributed by atoms with Crippen LogP contribution in [-0.4, -0.2) is 87.3 Å². The zero-order valence-corrected chi connectivity index (χ0v) is 22.8. The summed E-state index contributed by atoms with van der Waals surface area (Å²) in [6, 6.07) is 6.58. The van der Waals surface area contributed by atoms with E-state index in [1.165, 1.54) is 0 Å². The Morgan fingerprint density at radius 1 is 1.12 bits per heavy atom. The number of likely N-dealkylation sites (N-methyl/N-ethyl adjacent to an activating group) is 1. The van der Waals surface area contributed by atoms with Crippen LogP contribution in [0.5, 0.6) is 5.75 Å². The molecule has 0 bridgehead atoms. The van der Waals surface area contributed by atoms with Gasteiger partial charge in [-0.25, -0.2) is 0 Å². The molecule has 1 fully saturated rings. The fourth-order valence-corrected chi connectivity index (χ4v) is 6.60. The topological polar surface area (TPSA) is 189 Å². The van der Waals surface area contributed by atoms with Crippen LogP contribution in [0, 0.1) is 17.8 Å². The van der Waals surface area contributed by atoms with Crippen LogP contribution in [0.15, 0.2) is 47.4 Å². The van der Waals surface area contributed by atoms with E-state index in [2.05, 4.69) is 4.98 Å². The number of carbonyl (C=O) groups excluding carboxylic acids is 3. The zero-order chi connectivity index (χ0) is 28.3. The van der Waals surface area contributed by atoms with E-state index >= 15 is 0 Å². The minimum atomic E-state index is -1.28. The molecule has 1 amide bonds. The molecule has 1 aromatic carbocycles. The van der Waals surface area contributed by atoms with Crippen molar-refractivity contribution in [2.24, 2.45) is 23.5 Å². The molecule has 1 saturated carbocycles. The summed E-state index contributed by atoms with van der Waals surface area (Å²) in [5.74, 6) is -5.88. The van der Waals surface area contributed by atoms with E-state index in [-0.39, 0.29) is 31.0 Å². The maximum atomic E-state index is 14.0. The van der Waals surface area contributed by atoms with Gasteiger partial charge in [-0.15, -0.1) is 0 Å². The third-order valence-electron chi connectivity index (χ3n) is 8.07. The second-order valence-electron chi connectivity index (χ2n) is 11.0. The highest BCUT2D eigenvalue weighted by Crippen LogP contribution is 2.52. The van der Waals surface area contributed by atoms with Gasteiger partial charge >= 0.3 is 0 Å². The number of ketones is 2. The Bertz CT molecular complexity index is 1470. The smallest absolute Gasteiger partial charge is 0.255 e. The lowest BCUT2D eigenvalue weighted by Gasteiger charge is -2.46. The monoisotopic (exact) mass is 554 g/mol. The average Bonchev–Trinajstić information content (AvgIpc) is 2.85. The number of nitrogens with zero attached hydrogens (tertiary/aromatic N) is 3. The lowest BCUT2D eigenvalue weighted by molar-refractivity contribution is -0.136. The Morgan fingerprint density at radius 3 is 2.40 bits per heavy atom. The highest BCUT2D eigenvalue weighted by atomic mass is 16.3. The molecule has 11 nitrogen and oxygen atoms in total. The number of phenols is 1. The Morgan fingerprint density at radius 2 is 1.82 bits per heavy atom. The Hall–Kier alpha value is -4.06. The Kier molecular flexibility index (Phi) is 7.59. The van der Waals surface area contributed by atoms with Crippen molar-refractivity contribution in [2.45, 2.75) is 25.4 Å². The number of aliphatic hydroxyl groups is 2. The summed E-state index contributed by atoms with van der Waals surface area (Å²) in [6.07, 6.45) is 2.27. The molecule has 3 unspecified atom stereocenters. The van der Waals surface area contributed by atoms with Gasteiger partial charge < -0.3 is 31.4 Å². The number of Topliss-reactive ketones (excluding diaryl/α,β-unsaturated/α-hetero) is 2. The average molecular weight is 555 g/mol. The number of aliphatic hydroxyl groups excluding tert-OH is 2. The van der Waals surface area contributed by atoms with Crippen molar-refractivity contribution in [3.8, 4) is 17.0 Å². The first kappa shape index (κ1) is 28.9. The first-order valence-corrected chi connectivity index (χ1v) is 12.8. The molecule has 11 heteroatoms. The third-order valence-corrected chi connectivity index (χ3v) is 8.07. The summed E-state index contributed by atoms with van der Waals surface area (Å²) in [7, 11) is 7.10. The van der Waals surface area contributed by atoms with Crippen LogP contribution in [0.25, 0.3) is 17.0 Å². The number of primary amides is 1. The van der Waals surface area contributed by atoms with Crippen LogP contribution in [0.4, 0.5) is 0 Å². The molecule has 2 aromatic rings. The largest absolute Gasteiger partial charge is 0.510 e. The second-order valence-corrected chi connectivity index (χ2v) is 11.0. The number of carbonyl (C=O) groups is 3. The van der Waals surface area contributed by atoms with Crippen LogP contribution in [-0.2, 0) is 27.3 Å². The quantitative estimate of drug-likeness (QED) is 0.314. The van der Waals surface area contributed by atoms with Gasteiger partial charge in [0.2, 0.25) is 0 Å². The highest BCUT2D eigenvalue weighted by molar-refractivity contribution is 6.28. The van der Waals surface area contributed by atoms with E-state index in [0.717, 1.165) is 5.56 Å². The maximum Gasteiger partial charge on any atom is 0.255 e. The van der Waals surface area contributed by atoms with Gasteiger partial charge in [0.25, 0.3) is 5.91 Å². The van der Waals surface area contributed by atoms with Crippen LogP contribution in [0.3, 0.4) is 0 Å². The lowest BCUT2D eigenvalue weighted by Crippen LogP contribution is -2.55. The predicted molar refractivity (Wildman–Crippen MR) is 151 cm³/mol. The van der Waals surface area contributed by atoms with Crippen molar-refractivity contribution in [1.29, 1.82) is 0 Å². The molecular formula is C29H38N4O7. The van der Waals surface area contributed by atoms with E-state index in [1.807, 2.05) is 37.2 Å². The van der Waals surface area contributed by atoms with Crippen molar-refractivity contribution < 1.29 is 38.0 Å². The molecule has 3 aliphatic rings. The fraction of sp³-hybridized carbons (Fsp3) is 0.379. The maximum absolute atomic E-state index is 14.0. The predicted octanol–water partition coefficient (Wildman–Crippen LogP) is 1.64. The molecule has 1 heterocycles. The van der Waals surface area contributed by atoms with E-state index in [9.17, 15) is 29.7 Å². The van der Waals surface area contributed by atoms with E-state index in [0.29, 0.717) is 36.2 Å². The Labute approximate surface area is 234 Å². The number of nitrogens with two attached hydrogens (primary N) is 1. The van der Waals surface area contributed by atoms with Gasteiger partial charge in [-0.2, -0.15) is 0 Å². The van der Waals surface area contributed by atoms with Crippen LogP contribution in [0.2, 0.25) is 0 Å². The number of hydrogen-bond donors (Lipinski definition) is 4. The standard InChI is InChI=1S/C29H32N4O6.H2O.2H2/c1-32(2)12-14-11-15(18-7-5-6-8-31-18)16-9-13-10-17-21(26(36)19(13)25(35)20(16)24(14)34)27(37)22(29(30)39)28(38)23(17)33(3)4;;;/h5-8,11,13,17,21,23,34-35,38H,9-10,12H2,1-4H3,(H2,30,39);1H2;2*1H/t13?,17?,21?,23-;;;/m1.../s1. The molecule has 0 aliphatic heterocycles. The van der Waals surface area contributed by atoms with Gasteiger partial charge in [0.15, 0.2) is 11.6 Å². The number of hydrogen-bond acceptors (Lipinski definition) is 9. The molecule has 3 aliphatic carbocycles. The number of allylic oxidation sites excluding steroid dienone is 1. The number of fused-ring (bicyclic) bond motifs is 3. The molecule has 1 aromatic heterocycles. The molecule has 216 valence electrons. The van der Waals surface area contributed by atoms with Crippen LogP contribution >= 0.6 is 0 Å². The molecule has 0 radical (unpaired) electrons. The number of phenolic OH excluding ortho intramolecular Hbond substituents is 1. The lowest BCUT2D eigenvalue weighted by atomic mass is 9.59. The molecule has 40 heavy (non-hydrogen) atoms. The fourth-order valence-electron chi connectivity index (χ4n) is 6.60. The minimum absolute atomic E-state index is 0. The zero-order valence-electron chi connectivity index (χ0n) is 22.8. The molecule has 7 N–H and O–H groups in total. The third kappa shape index (κ3) is 4.36. The number of benzene rings is 1. The van der Waals surface area contributed by atoms with Gasteiger partial charge in [-0.3, -0.25) is 24.3 Å². The van der Waals surface area contributed by atoms with Crippen molar-refractivity contribution >= 4 is 23.2 Å². The van der Waals surface area contributed by atoms with E-state index in [4.69, 9.17) is 5.73 Å². The summed E-state index contributed by atoms with van der Waals surface area (Å²) < 4.78 is 0. The van der Waals surface area contributed by atoms with E-state index < -0.39 is 52.6 Å². The normalized spacial score (nSPS) is 24.1. The number of rotatable bonds is 5. The van der Waals surface area contributed by atoms with Crippen LogP contribution < -0.4 is 5.73 Å². The molecule has 4 atom stereocenters. The van der Waals surface area contributed by atoms with Crippen LogP contribution in [0.1, 0.15) is 26.0 Å². The van der Waals surface area contributed by atoms with Gasteiger partial charge in [0, 0.05) is 32.3 Å². The number of amides is 1. The summed E-state index contributed by atoms with van der Waals surface area (Å²) in [5, 5.41) is 33.8. The summed E-state index contributed by atoms with van der Waals surface area (Å²) in [4.78, 5) is 47.5. The second kappa shape index (κ2) is 10.5. The minimum Gasteiger partial charge on any atom is -0.510 e. The van der Waals surface area contributed by atoms with Gasteiger partial charge in [0.05, 0.1) is 23.2 Å². The van der Waals surface area contributed by atoms with Crippen molar-refractivity contribution in [1.82, 2.24) is 14.8 Å². The summed E-state index contributed by atoms with van der Waals surface area (Å²) in [6.45, 7) is 0.374. The molecule has 5 rings (SSSR count). The number of aromatic hydroxyl groups is 1. The molecule has 0 saturated heterocycles. The van der Waals surface area contributed by atoms with E-state index in [1.54, 1.807) is 31.3 Å². The SMILES string of the molecule is CN(C)Cc1cc(-c2ccccn2)c2c(c1O)C(O)=C1C(=O)C3C(=O)C(C(N)=O)=C(O)[C@H](N(C)C)C3CC1C2.O.[HH].[HH]. The van der Waals surface area contributed by atoms with Crippen molar-refractivity contribution in [3.05, 3.63) is 64.1 Å². The molecular weight excluding hydrogens is 516 g/mol. The first-order chi connectivity index (χ1) is 18.4. The van der Waals surface area contributed by atoms with Gasteiger partial charge in [-0.1, -0.05) is 6.07 Å². The Balaban J connectivity index is 0.00000205. The first-order valence-electron chi connectivity index (χ1n) is 12.8. The molecule has 0 spiro atoms. The van der Waals surface area contributed by atoms with Crippen molar-refractivity contribution in [2.75, 3.05) is 28.2 Å². The van der Waals surface area contributed by atoms with Gasteiger partial charge in [-0.05, 0) is 76.6 Å².